The highest BCUT2D eigenvalue weighted by atomic mass is 32.1. The lowest BCUT2D eigenvalue weighted by molar-refractivity contribution is -0.142. The van der Waals surface area contributed by atoms with Crippen LogP contribution in [0.3, 0.4) is 0 Å². The van der Waals surface area contributed by atoms with Gasteiger partial charge < -0.3 is 14.6 Å². The molecule has 5 heterocycles. The summed E-state index contributed by atoms with van der Waals surface area (Å²) in [4.78, 5) is 41.8. The Morgan fingerprint density at radius 3 is 2.49 bits per heavy atom. The standard InChI is InChI=1S/C35H38N6O3S/c1-38-16-12-28-32(38)37-24-41(34(28)43)23-35(44)14-18-40(19-15-35)33(42)27-13-17-39(21-29(27)25-8-4-2-5-9-25)22-31-36-20-30(45-31)26-10-6-3-7-11-26/h2-12,16,20,24,27,29,44H,13-15,17-19,21-23H2,1H3/t27-,29+/m1/s1. The van der Waals surface area contributed by atoms with Gasteiger partial charge in [-0.05, 0) is 43.0 Å². The lowest BCUT2D eigenvalue weighted by Gasteiger charge is -2.43. The second kappa shape index (κ2) is 12.3. The third kappa shape index (κ3) is 6.10. The van der Waals surface area contributed by atoms with E-state index in [2.05, 4.69) is 34.1 Å². The summed E-state index contributed by atoms with van der Waals surface area (Å²) < 4.78 is 3.32. The molecule has 0 aliphatic carbocycles. The van der Waals surface area contributed by atoms with Crippen LogP contribution in [0.1, 0.15) is 35.8 Å². The molecule has 0 unspecified atom stereocenters. The van der Waals surface area contributed by atoms with Crippen LogP contribution >= 0.6 is 11.3 Å². The molecule has 232 valence electrons. The van der Waals surface area contributed by atoms with E-state index in [0.717, 1.165) is 31.1 Å². The summed E-state index contributed by atoms with van der Waals surface area (Å²) in [6.45, 7) is 3.48. The first-order valence-electron chi connectivity index (χ1n) is 15.7. The van der Waals surface area contributed by atoms with Crippen molar-refractivity contribution in [3.8, 4) is 10.4 Å². The van der Waals surface area contributed by atoms with Gasteiger partial charge in [0.1, 0.15) is 17.0 Å². The molecular formula is C35H38N6O3S. The van der Waals surface area contributed by atoms with Gasteiger partial charge in [-0.3, -0.25) is 19.1 Å². The lowest BCUT2D eigenvalue weighted by Crippen LogP contribution is -2.53. The number of thiazole rings is 1. The lowest BCUT2D eigenvalue weighted by atomic mass is 9.79. The zero-order valence-corrected chi connectivity index (χ0v) is 26.3. The summed E-state index contributed by atoms with van der Waals surface area (Å²) in [5, 5.41) is 13.1. The predicted octanol–water partition coefficient (Wildman–Crippen LogP) is 4.52. The Morgan fingerprint density at radius 1 is 1.00 bits per heavy atom. The predicted molar refractivity (Wildman–Crippen MR) is 176 cm³/mol. The smallest absolute Gasteiger partial charge is 0.262 e. The van der Waals surface area contributed by atoms with Gasteiger partial charge in [-0.1, -0.05) is 60.7 Å². The fourth-order valence-electron chi connectivity index (χ4n) is 6.95. The van der Waals surface area contributed by atoms with Gasteiger partial charge in [0.15, 0.2) is 0 Å². The SMILES string of the molecule is Cn1ccc2c(=O)n(CC3(O)CCN(C(=O)[C@@H]4CCN(Cc5ncc(-c6ccccc6)s5)C[C@H]4c4ccccc4)CC3)cnc21. The van der Waals surface area contributed by atoms with E-state index in [1.54, 1.807) is 17.4 Å². The van der Waals surface area contributed by atoms with Crippen molar-refractivity contribution in [3.63, 3.8) is 0 Å². The van der Waals surface area contributed by atoms with Crippen molar-refractivity contribution in [2.24, 2.45) is 13.0 Å². The van der Waals surface area contributed by atoms with E-state index >= 15 is 0 Å². The number of hydrogen-bond donors (Lipinski definition) is 1. The van der Waals surface area contributed by atoms with Gasteiger partial charge in [-0.2, -0.15) is 0 Å². The Hall–Kier alpha value is -4.12. The van der Waals surface area contributed by atoms with E-state index in [0.29, 0.717) is 37.0 Å². The molecule has 0 radical (unpaired) electrons. The first-order valence-corrected chi connectivity index (χ1v) is 16.5. The molecule has 1 amide bonds. The fraction of sp³-hybridized carbons (Fsp3) is 0.371. The highest BCUT2D eigenvalue weighted by Gasteiger charge is 2.41. The zero-order chi connectivity index (χ0) is 31.0. The molecule has 45 heavy (non-hydrogen) atoms. The van der Waals surface area contributed by atoms with Gasteiger partial charge in [0.05, 0.1) is 29.0 Å². The van der Waals surface area contributed by atoms with E-state index in [9.17, 15) is 14.7 Å². The van der Waals surface area contributed by atoms with Crippen LogP contribution in [0.2, 0.25) is 0 Å². The number of fused-ring (bicyclic) bond motifs is 1. The summed E-state index contributed by atoms with van der Waals surface area (Å²) in [5.74, 6) is 0.109. The molecule has 2 atom stereocenters. The molecule has 7 rings (SSSR count). The van der Waals surface area contributed by atoms with Crippen molar-refractivity contribution in [1.29, 1.82) is 0 Å². The fourth-order valence-corrected chi connectivity index (χ4v) is 7.92. The van der Waals surface area contributed by atoms with Gasteiger partial charge in [-0.15, -0.1) is 11.3 Å². The van der Waals surface area contributed by atoms with Crippen molar-refractivity contribution in [3.05, 3.63) is 106 Å². The number of aliphatic hydroxyl groups is 1. The maximum atomic E-state index is 14.1. The molecule has 5 aromatic rings. The molecule has 2 aliphatic rings. The Labute approximate surface area is 266 Å². The summed E-state index contributed by atoms with van der Waals surface area (Å²) >= 11 is 1.73. The molecule has 1 N–H and O–H groups in total. The average Bonchev–Trinajstić information content (AvgIpc) is 3.70. The second-order valence-electron chi connectivity index (χ2n) is 12.5. The largest absolute Gasteiger partial charge is 0.388 e. The number of hydrogen-bond acceptors (Lipinski definition) is 7. The molecule has 2 saturated heterocycles. The van der Waals surface area contributed by atoms with E-state index in [1.165, 1.54) is 26.9 Å². The number of likely N-dealkylation sites (tertiary alicyclic amines) is 2. The number of rotatable bonds is 7. The van der Waals surface area contributed by atoms with Crippen molar-refractivity contribution >= 4 is 28.3 Å². The maximum Gasteiger partial charge on any atom is 0.262 e. The second-order valence-corrected chi connectivity index (χ2v) is 13.6. The molecule has 2 aromatic carbocycles. The quantitative estimate of drug-likeness (QED) is 0.287. The number of nitrogens with zero attached hydrogens (tertiary/aromatic N) is 6. The number of benzene rings is 2. The van der Waals surface area contributed by atoms with Crippen LogP contribution in [-0.2, 0) is 24.9 Å². The molecule has 0 spiro atoms. The van der Waals surface area contributed by atoms with Gasteiger partial charge in [0, 0.05) is 50.9 Å². The number of amides is 1. The number of aromatic nitrogens is 4. The Bertz CT molecular complexity index is 1840. The first kappa shape index (κ1) is 29.6. The monoisotopic (exact) mass is 622 g/mol. The Morgan fingerprint density at radius 2 is 1.73 bits per heavy atom. The van der Waals surface area contributed by atoms with E-state index in [-0.39, 0.29) is 29.8 Å². The van der Waals surface area contributed by atoms with E-state index in [4.69, 9.17) is 4.98 Å². The summed E-state index contributed by atoms with van der Waals surface area (Å²) in [7, 11) is 1.86. The number of carbonyl (C=O) groups is 1. The van der Waals surface area contributed by atoms with Gasteiger partial charge in [-0.25, -0.2) is 9.97 Å². The molecular weight excluding hydrogens is 584 g/mol. The number of carbonyl (C=O) groups excluding carboxylic acids is 1. The van der Waals surface area contributed by atoms with Crippen LogP contribution < -0.4 is 5.56 Å². The summed E-state index contributed by atoms with van der Waals surface area (Å²) in [6.07, 6.45) is 6.91. The maximum absolute atomic E-state index is 14.1. The van der Waals surface area contributed by atoms with E-state index < -0.39 is 5.60 Å². The molecule has 3 aromatic heterocycles. The third-order valence-corrected chi connectivity index (χ3v) is 10.6. The molecule has 10 heteroatoms. The molecule has 0 saturated carbocycles. The Balaban J connectivity index is 1.02. The van der Waals surface area contributed by atoms with Crippen LogP contribution in [0.25, 0.3) is 21.5 Å². The van der Waals surface area contributed by atoms with Crippen LogP contribution in [0, 0.1) is 5.92 Å². The minimum absolute atomic E-state index is 0.0732. The third-order valence-electron chi connectivity index (χ3n) is 9.53. The highest BCUT2D eigenvalue weighted by molar-refractivity contribution is 7.15. The van der Waals surface area contributed by atoms with Gasteiger partial charge in [0.2, 0.25) is 5.91 Å². The highest BCUT2D eigenvalue weighted by Crippen LogP contribution is 2.36. The van der Waals surface area contributed by atoms with Crippen LogP contribution in [0.4, 0.5) is 0 Å². The normalized spacial score (nSPS) is 20.4. The minimum Gasteiger partial charge on any atom is -0.388 e. The summed E-state index contributed by atoms with van der Waals surface area (Å²) in [6, 6.07) is 22.5. The van der Waals surface area contributed by atoms with Crippen molar-refractivity contribution in [2.45, 2.75) is 43.9 Å². The van der Waals surface area contributed by atoms with Crippen molar-refractivity contribution in [1.82, 2.24) is 28.9 Å². The van der Waals surface area contributed by atoms with Gasteiger partial charge >= 0.3 is 0 Å². The molecule has 2 fully saturated rings. The van der Waals surface area contributed by atoms with E-state index in [1.807, 2.05) is 65.3 Å². The molecule has 2 aliphatic heterocycles. The number of aryl methyl sites for hydroxylation is 1. The zero-order valence-electron chi connectivity index (χ0n) is 25.5. The summed E-state index contributed by atoms with van der Waals surface area (Å²) in [5.41, 5.74) is 1.77. The molecule has 9 nitrogen and oxygen atoms in total. The van der Waals surface area contributed by atoms with Crippen LogP contribution in [0.15, 0.2) is 90.2 Å². The van der Waals surface area contributed by atoms with Gasteiger partial charge in [0.25, 0.3) is 5.56 Å². The molecule has 0 bridgehead atoms. The Kier molecular flexibility index (Phi) is 8.12. The van der Waals surface area contributed by atoms with Crippen molar-refractivity contribution < 1.29 is 9.90 Å². The van der Waals surface area contributed by atoms with Crippen LogP contribution in [-0.4, -0.2) is 71.7 Å². The minimum atomic E-state index is -1.07. The number of piperidine rings is 2. The topological polar surface area (TPSA) is 96.5 Å². The van der Waals surface area contributed by atoms with Crippen molar-refractivity contribution in [2.75, 3.05) is 26.2 Å². The van der Waals surface area contributed by atoms with Crippen LogP contribution in [0.5, 0.6) is 0 Å². The average molecular weight is 623 g/mol. The first-order chi connectivity index (χ1) is 21.9.